The van der Waals surface area contributed by atoms with Crippen LogP contribution in [-0.2, 0) is 11.2 Å². The lowest BCUT2D eigenvalue weighted by atomic mass is 9.95. The first-order valence-corrected chi connectivity index (χ1v) is 8.02. The summed E-state index contributed by atoms with van der Waals surface area (Å²) in [6.45, 7) is 7.23. The Balaban J connectivity index is 1.82. The van der Waals surface area contributed by atoms with Crippen molar-refractivity contribution in [2.24, 2.45) is 0 Å². The second-order valence-corrected chi connectivity index (χ2v) is 5.89. The largest absolute Gasteiger partial charge is 0.379 e. The number of ether oxygens (including phenoxy) is 1. The number of rotatable bonds is 4. The predicted molar refractivity (Wildman–Crippen MR) is 82.0 cm³/mol. The Labute approximate surface area is 122 Å². The molecule has 20 heavy (non-hydrogen) atoms. The summed E-state index contributed by atoms with van der Waals surface area (Å²) in [5.74, 6) is 0. The molecule has 2 fully saturated rings. The highest BCUT2D eigenvalue weighted by molar-refractivity contribution is 5.26. The Kier molecular flexibility index (Phi) is 4.71. The molecule has 110 valence electrons. The molecule has 3 heteroatoms. The fourth-order valence-corrected chi connectivity index (χ4v) is 3.48. The second kappa shape index (κ2) is 6.70. The zero-order valence-electron chi connectivity index (χ0n) is 12.5. The summed E-state index contributed by atoms with van der Waals surface area (Å²) in [6.07, 6.45) is 3.71. The lowest BCUT2D eigenvalue weighted by Gasteiger charge is -2.38. The van der Waals surface area contributed by atoms with Crippen LogP contribution >= 0.6 is 0 Å². The van der Waals surface area contributed by atoms with E-state index in [9.17, 15) is 0 Å². The first kappa shape index (κ1) is 14.1. The van der Waals surface area contributed by atoms with Crippen LogP contribution in [0.15, 0.2) is 24.3 Å². The Hall–Kier alpha value is -0.900. The molecule has 1 aromatic carbocycles. The second-order valence-electron chi connectivity index (χ2n) is 5.89. The molecule has 0 saturated carbocycles. The van der Waals surface area contributed by atoms with E-state index in [0.29, 0.717) is 12.1 Å². The van der Waals surface area contributed by atoms with E-state index < -0.39 is 0 Å². The van der Waals surface area contributed by atoms with Crippen LogP contribution in [-0.4, -0.2) is 43.8 Å². The molecule has 0 bridgehead atoms. The topological polar surface area (TPSA) is 24.5 Å². The third-order valence-electron chi connectivity index (χ3n) is 4.65. The van der Waals surface area contributed by atoms with Crippen molar-refractivity contribution in [3.63, 3.8) is 0 Å². The minimum Gasteiger partial charge on any atom is -0.379 e. The van der Waals surface area contributed by atoms with Crippen molar-refractivity contribution in [2.75, 3.05) is 32.8 Å². The fraction of sp³-hybridized carbons (Fsp3) is 0.647. The van der Waals surface area contributed by atoms with E-state index in [1.165, 1.54) is 30.5 Å². The number of morpholine rings is 1. The van der Waals surface area contributed by atoms with E-state index in [1.807, 2.05) is 0 Å². The van der Waals surface area contributed by atoms with E-state index >= 15 is 0 Å². The Morgan fingerprint density at radius 3 is 2.60 bits per heavy atom. The van der Waals surface area contributed by atoms with Gasteiger partial charge in [-0.25, -0.2) is 0 Å². The number of benzene rings is 1. The number of hydrogen-bond acceptors (Lipinski definition) is 3. The highest BCUT2D eigenvalue weighted by Crippen LogP contribution is 2.30. The van der Waals surface area contributed by atoms with Crippen LogP contribution in [0.4, 0.5) is 0 Å². The third kappa shape index (κ3) is 3.05. The highest BCUT2D eigenvalue weighted by atomic mass is 16.5. The van der Waals surface area contributed by atoms with Crippen molar-refractivity contribution in [1.82, 2.24) is 10.2 Å². The van der Waals surface area contributed by atoms with Crippen molar-refractivity contribution in [2.45, 2.75) is 38.3 Å². The van der Waals surface area contributed by atoms with Crippen LogP contribution in [0.2, 0.25) is 0 Å². The van der Waals surface area contributed by atoms with Gasteiger partial charge in [0.2, 0.25) is 0 Å². The zero-order valence-corrected chi connectivity index (χ0v) is 12.5. The molecule has 3 nitrogen and oxygen atoms in total. The molecule has 2 aliphatic rings. The molecule has 0 radical (unpaired) electrons. The Morgan fingerprint density at radius 2 is 2.00 bits per heavy atom. The van der Waals surface area contributed by atoms with Gasteiger partial charge >= 0.3 is 0 Å². The number of hydrogen-bond donors (Lipinski definition) is 1. The molecule has 2 heterocycles. The molecule has 2 aliphatic heterocycles. The fourth-order valence-electron chi connectivity index (χ4n) is 3.48. The van der Waals surface area contributed by atoms with Crippen LogP contribution < -0.4 is 5.32 Å². The summed E-state index contributed by atoms with van der Waals surface area (Å²) < 4.78 is 5.52. The van der Waals surface area contributed by atoms with Crippen molar-refractivity contribution in [1.29, 1.82) is 0 Å². The molecule has 1 aromatic rings. The van der Waals surface area contributed by atoms with Gasteiger partial charge in [0.05, 0.1) is 19.3 Å². The first-order valence-electron chi connectivity index (χ1n) is 8.02. The van der Waals surface area contributed by atoms with Crippen molar-refractivity contribution < 1.29 is 4.74 Å². The standard InChI is InChI=1S/C17H26N2O/c1-2-14-5-7-15(8-6-14)17(16-4-3-9-18-16)19-10-12-20-13-11-19/h5-8,16-18H,2-4,9-13H2,1H3. The molecule has 0 amide bonds. The average Bonchev–Trinajstić information content (AvgIpc) is 3.03. The molecule has 2 atom stereocenters. The van der Waals surface area contributed by atoms with E-state index in [1.54, 1.807) is 0 Å². The molecule has 0 spiro atoms. The molecule has 1 N–H and O–H groups in total. The van der Waals surface area contributed by atoms with Crippen LogP contribution in [0.25, 0.3) is 0 Å². The SMILES string of the molecule is CCc1ccc(C(C2CCCN2)N2CCOCC2)cc1. The molecule has 2 saturated heterocycles. The van der Waals surface area contributed by atoms with Gasteiger partial charge in [0, 0.05) is 19.1 Å². The molecular formula is C17H26N2O. The maximum absolute atomic E-state index is 5.52. The van der Waals surface area contributed by atoms with E-state index in [2.05, 4.69) is 41.4 Å². The summed E-state index contributed by atoms with van der Waals surface area (Å²) in [7, 11) is 0. The predicted octanol–water partition coefficient (Wildman–Crippen LogP) is 2.37. The summed E-state index contributed by atoms with van der Waals surface area (Å²) in [6, 6.07) is 10.3. The average molecular weight is 274 g/mol. The minimum atomic E-state index is 0.507. The van der Waals surface area contributed by atoms with Crippen LogP contribution in [0.5, 0.6) is 0 Å². The van der Waals surface area contributed by atoms with Crippen molar-refractivity contribution >= 4 is 0 Å². The van der Waals surface area contributed by atoms with Gasteiger partial charge in [-0.2, -0.15) is 0 Å². The normalized spacial score (nSPS) is 25.8. The summed E-state index contributed by atoms with van der Waals surface area (Å²) in [4.78, 5) is 2.60. The summed E-state index contributed by atoms with van der Waals surface area (Å²) >= 11 is 0. The smallest absolute Gasteiger partial charge is 0.0594 e. The van der Waals surface area contributed by atoms with Gasteiger partial charge in [-0.3, -0.25) is 4.90 Å². The number of aryl methyl sites for hydroxylation is 1. The van der Waals surface area contributed by atoms with Crippen LogP contribution in [0.1, 0.15) is 36.9 Å². The maximum Gasteiger partial charge on any atom is 0.0594 e. The van der Waals surface area contributed by atoms with Crippen molar-refractivity contribution in [3.8, 4) is 0 Å². The number of nitrogens with zero attached hydrogens (tertiary/aromatic N) is 1. The molecular weight excluding hydrogens is 248 g/mol. The van der Waals surface area contributed by atoms with Gasteiger partial charge in [-0.15, -0.1) is 0 Å². The van der Waals surface area contributed by atoms with Gasteiger partial charge in [0.15, 0.2) is 0 Å². The lowest BCUT2D eigenvalue weighted by molar-refractivity contribution is 0.00874. The Bertz CT molecular complexity index is 406. The zero-order chi connectivity index (χ0) is 13.8. The molecule has 0 aromatic heterocycles. The maximum atomic E-state index is 5.52. The number of nitrogens with one attached hydrogen (secondary N) is 1. The van der Waals surface area contributed by atoms with Gasteiger partial charge in [-0.1, -0.05) is 31.2 Å². The van der Waals surface area contributed by atoms with Gasteiger partial charge in [0.1, 0.15) is 0 Å². The molecule has 3 rings (SSSR count). The first-order chi connectivity index (χ1) is 9.88. The van der Waals surface area contributed by atoms with E-state index in [4.69, 9.17) is 4.74 Å². The highest BCUT2D eigenvalue weighted by Gasteiger charge is 2.31. The van der Waals surface area contributed by atoms with E-state index in [-0.39, 0.29) is 0 Å². The Morgan fingerprint density at radius 1 is 1.25 bits per heavy atom. The summed E-state index contributed by atoms with van der Waals surface area (Å²) in [5.41, 5.74) is 2.89. The van der Waals surface area contributed by atoms with Crippen LogP contribution in [0, 0.1) is 0 Å². The quantitative estimate of drug-likeness (QED) is 0.912. The van der Waals surface area contributed by atoms with Gasteiger partial charge < -0.3 is 10.1 Å². The van der Waals surface area contributed by atoms with Crippen molar-refractivity contribution in [3.05, 3.63) is 35.4 Å². The molecule has 0 aliphatic carbocycles. The van der Waals surface area contributed by atoms with E-state index in [0.717, 1.165) is 32.7 Å². The molecule has 2 unspecified atom stereocenters. The lowest BCUT2D eigenvalue weighted by Crippen LogP contribution is -2.46. The van der Waals surface area contributed by atoms with Gasteiger partial charge in [-0.05, 0) is 36.9 Å². The third-order valence-corrected chi connectivity index (χ3v) is 4.65. The van der Waals surface area contributed by atoms with Crippen LogP contribution in [0.3, 0.4) is 0 Å². The van der Waals surface area contributed by atoms with Gasteiger partial charge in [0.25, 0.3) is 0 Å². The minimum absolute atomic E-state index is 0.507. The summed E-state index contributed by atoms with van der Waals surface area (Å²) in [5, 5.41) is 3.70. The monoisotopic (exact) mass is 274 g/mol.